The van der Waals surface area contributed by atoms with Gasteiger partial charge in [0.2, 0.25) is 15.9 Å². The van der Waals surface area contributed by atoms with E-state index >= 15 is 0 Å². The van der Waals surface area contributed by atoms with Crippen molar-refractivity contribution in [3.05, 3.63) is 11.6 Å². The molecule has 1 saturated heterocycles. The maximum absolute atomic E-state index is 12.5. The van der Waals surface area contributed by atoms with Gasteiger partial charge in [0.05, 0.1) is 5.75 Å². The topological polar surface area (TPSA) is 57.7 Å². The number of hydrogen-bond acceptors (Lipinski definition) is 3. The van der Waals surface area contributed by atoms with Crippen molar-refractivity contribution >= 4 is 15.9 Å². The lowest BCUT2D eigenvalue weighted by Gasteiger charge is -2.34. The van der Waals surface area contributed by atoms with Crippen molar-refractivity contribution in [1.82, 2.24) is 9.21 Å². The van der Waals surface area contributed by atoms with Gasteiger partial charge in [-0.15, -0.1) is 0 Å². The maximum Gasteiger partial charge on any atom is 0.226 e. The highest BCUT2D eigenvalue weighted by Gasteiger charge is 2.32. The normalized spacial score (nSPS) is 22.2. The van der Waals surface area contributed by atoms with E-state index in [1.165, 1.54) is 5.57 Å². The highest BCUT2D eigenvalue weighted by atomic mass is 32.2. The largest absolute Gasteiger partial charge is 0.338 e. The van der Waals surface area contributed by atoms with Gasteiger partial charge >= 0.3 is 0 Å². The predicted molar refractivity (Wildman–Crippen MR) is 83.3 cm³/mol. The van der Waals surface area contributed by atoms with E-state index in [1.807, 2.05) is 11.8 Å². The maximum atomic E-state index is 12.5. The van der Waals surface area contributed by atoms with Crippen LogP contribution in [0.5, 0.6) is 0 Å². The molecule has 0 aromatic heterocycles. The molecule has 0 aliphatic carbocycles. The van der Waals surface area contributed by atoms with Gasteiger partial charge in [0.1, 0.15) is 0 Å². The second kappa shape index (κ2) is 6.92. The fourth-order valence-corrected chi connectivity index (χ4v) is 4.67. The molecule has 0 N–H and O–H groups in total. The molecule has 0 aromatic rings. The first-order valence-electron chi connectivity index (χ1n) is 7.86. The van der Waals surface area contributed by atoms with Crippen LogP contribution in [-0.4, -0.2) is 55.5 Å². The third-order valence-corrected chi connectivity index (χ3v) is 6.38. The molecule has 5 nitrogen and oxygen atoms in total. The van der Waals surface area contributed by atoms with Crippen LogP contribution in [0.15, 0.2) is 11.6 Å². The minimum atomic E-state index is -3.12. The molecular weight excluding hydrogens is 288 g/mol. The minimum absolute atomic E-state index is 0.0102. The average molecular weight is 314 g/mol. The van der Waals surface area contributed by atoms with Crippen LogP contribution in [0.25, 0.3) is 0 Å². The quantitative estimate of drug-likeness (QED) is 0.741. The zero-order chi connectivity index (χ0) is 15.5. The lowest BCUT2D eigenvalue weighted by atomic mass is 9.95. The number of hydrogen-bond donors (Lipinski definition) is 0. The molecule has 2 heterocycles. The number of carbonyl (C=O) groups is 1. The second-order valence-corrected chi connectivity index (χ2v) is 8.18. The summed E-state index contributed by atoms with van der Waals surface area (Å²) in [7, 11) is -3.12. The zero-order valence-electron chi connectivity index (χ0n) is 13.0. The highest BCUT2D eigenvalue weighted by Crippen LogP contribution is 2.23. The van der Waals surface area contributed by atoms with E-state index in [-0.39, 0.29) is 17.6 Å². The summed E-state index contributed by atoms with van der Waals surface area (Å²) in [5, 5.41) is 0. The predicted octanol–water partition coefficient (Wildman–Crippen LogP) is 1.62. The van der Waals surface area contributed by atoms with E-state index in [0.29, 0.717) is 32.4 Å². The van der Waals surface area contributed by atoms with E-state index in [9.17, 15) is 13.2 Å². The van der Waals surface area contributed by atoms with Crippen LogP contribution < -0.4 is 0 Å². The number of carbonyl (C=O) groups excluding carboxylic acids is 1. The Hall–Kier alpha value is -0.880. The third kappa shape index (κ3) is 4.07. The van der Waals surface area contributed by atoms with Crippen molar-refractivity contribution in [2.45, 2.75) is 39.5 Å². The summed E-state index contributed by atoms with van der Waals surface area (Å²) in [6.07, 6.45) is 5.06. The molecule has 0 radical (unpaired) electrons. The summed E-state index contributed by atoms with van der Waals surface area (Å²) in [6.45, 7) is 6.43. The van der Waals surface area contributed by atoms with Crippen LogP contribution in [0.1, 0.15) is 39.5 Å². The van der Waals surface area contributed by atoms with Crippen molar-refractivity contribution in [3.8, 4) is 0 Å². The molecule has 0 atom stereocenters. The summed E-state index contributed by atoms with van der Waals surface area (Å²) in [5.74, 6) is 0.404. The van der Waals surface area contributed by atoms with E-state index < -0.39 is 10.0 Å². The van der Waals surface area contributed by atoms with Gasteiger partial charge in [-0.3, -0.25) is 4.79 Å². The number of nitrogens with zero attached hydrogens (tertiary/aromatic N) is 2. The van der Waals surface area contributed by atoms with Crippen molar-refractivity contribution in [2.24, 2.45) is 5.92 Å². The van der Waals surface area contributed by atoms with Gasteiger partial charge in [0.15, 0.2) is 0 Å². The first-order chi connectivity index (χ1) is 9.94. The number of rotatable bonds is 4. The van der Waals surface area contributed by atoms with E-state index in [4.69, 9.17) is 0 Å². The number of amides is 1. The molecule has 0 bridgehead atoms. The van der Waals surface area contributed by atoms with Crippen molar-refractivity contribution < 1.29 is 13.2 Å². The van der Waals surface area contributed by atoms with Crippen LogP contribution in [0, 0.1) is 5.92 Å². The van der Waals surface area contributed by atoms with Crippen LogP contribution in [0.3, 0.4) is 0 Å². The Morgan fingerprint density at radius 3 is 2.52 bits per heavy atom. The molecule has 0 aromatic carbocycles. The monoisotopic (exact) mass is 314 g/mol. The van der Waals surface area contributed by atoms with Gasteiger partial charge in [0.25, 0.3) is 0 Å². The van der Waals surface area contributed by atoms with Crippen molar-refractivity contribution in [3.63, 3.8) is 0 Å². The molecule has 1 fully saturated rings. The third-order valence-electron chi connectivity index (χ3n) is 4.30. The Morgan fingerprint density at radius 2 is 1.95 bits per heavy atom. The van der Waals surface area contributed by atoms with Gasteiger partial charge in [0, 0.05) is 32.1 Å². The standard InChI is InChI=1S/C15H26N2O3S/c1-3-11-21(19,20)17-9-6-14(7-10-17)15(18)16-8-4-5-13(2)12-16/h5,14H,3-4,6-12H2,1-2H3. The van der Waals surface area contributed by atoms with Crippen molar-refractivity contribution in [1.29, 1.82) is 0 Å². The molecule has 2 aliphatic heterocycles. The van der Waals surface area contributed by atoms with Gasteiger partial charge in [-0.2, -0.15) is 0 Å². The minimum Gasteiger partial charge on any atom is -0.338 e. The molecule has 21 heavy (non-hydrogen) atoms. The van der Waals surface area contributed by atoms with Gasteiger partial charge in [-0.25, -0.2) is 12.7 Å². The molecular formula is C15H26N2O3S. The number of piperidine rings is 1. The Bertz CT molecular complexity index is 505. The zero-order valence-corrected chi connectivity index (χ0v) is 13.9. The molecule has 120 valence electrons. The van der Waals surface area contributed by atoms with Crippen LogP contribution in [0.2, 0.25) is 0 Å². The molecule has 2 rings (SSSR count). The lowest BCUT2D eigenvalue weighted by Crippen LogP contribution is -2.46. The molecule has 0 unspecified atom stereocenters. The summed E-state index contributed by atoms with van der Waals surface area (Å²) < 4.78 is 25.6. The van der Waals surface area contributed by atoms with E-state index in [1.54, 1.807) is 4.31 Å². The Kier molecular flexibility index (Phi) is 5.43. The van der Waals surface area contributed by atoms with Gasteiger partial charge in [-0.1, -0.05) is 18.6 Å². The smallest absolute Gasteiger partial charge is 0.226 e. The molecule has 1 amide bonds. The van der Waals surface area contributed by atoms with Crippen LogP contribution in [-0.2, 0) is 14.8 Å². The summed E-state index contributed by atoms with van der Waals surface area (Å²) in [6, 6.07) is 0. The molecule has 0 spiro atoms. The van der Waals surface area contributed by atoms with Crippen LogP contribution >= 0.6 is 0 Å². The van der Waals surface area contributed by atoms with E-state index in [0.717, 1.165) is 19.5 Å². The summed E-state index contributed by atoms with van der Waals surface area (Å²) in [4.78, 5) is 14.4. The Labute approximate surface area is 128 Å². The average Bonchev–Trinajstić information content (AvgIpc) is 2.46. The SMILES string of the molecule is CCCS(=O)(=O)N1CCC(C(=O)N2CCC=C(C)C2)CC1. The van der Waals surface area contributed by atoms with Crippen LogP contribution in [0.4, 0.5) is 0 Å². The Balaban J connectivity index is 1.89. The van der Waals surface area contributed by atoms with Crippen molar-refractivity contribution in [2.75, 3.05) is 31.9 Å². The summed E-state index contributed by atoms with van der Waals surface area (Å²) in [5.41, 5.74) is 1.25. The fourth-order valence-electron chi connectivity index (χ4n) is 3.13. The molecule has 6 heteroatoms. The fraction of sp³-hybridized carbons (Fsp3) is 0.800. The first-order valence-corrected chi connectivity index (χ1v) is 9.47. The highest BCUT2D eigenvalue weighted by molar-refractivity contribution is 7.89. The first kappa shape index (κ1) is 16.5. The van der Waals surface area contributed by atoms with Gasteiger partial charge < -0.3 is 4.90 Å². The number of sulfonamides is 1. The van der Waals surface area contributed by atoms with E-state index in [2.05, 4.69) is 13.0 Å². The lowest BCUT2D eigenvalue weighted by molar-refractivity contribution is -0.136. The molecule has 2 aliphatic rings. The molecule has 0 saturated carbocycles. The van der Waals surface area contributed by atoms with Gasteiger partial charge in [-0.05, 0) is 32.6 Å². The Morgan fingerprint density at radius 1 is 1.29 bits per heavy atom. The summed E-state index contributed by atoms with van der Waals surface area (Å²) >= 11 is 0. The second-order valence-electron chi connectivity index (χ2n) is 6.09.